The highest BCUT2D eigenvalue weighted by molar-refractivity contribution is 7.91. The van der Waals surface area contributed by atoms with Crippen LogP contribution in [-0.4, -0.2) is 47.6 Å². The van der Waals surface area contributed by atoms with Crippen LogP contribution in [0.4, 0.5) is 0 Å². The van der Waals surface area contributed by atoms with Gasteiger partial charge < -0.3 is 4.74 Å². The number of hydrogen-bond donors (Lipinski definition) is 0. The van der Waals surface area contributed by atoms with Crippen LogP contribution in [0.3, 0.4) is 0 Å². The fourth-order valence-electron chi connectivity index (χ4n) is 2.08. The van der Waals surface area contributed by atoms with E-state index in [4.69, 9.17) is 4.74 Å². The Kier molecular flexibility index (Phi) is 6.39. The maximum Gasteiger partial charge on any atom is 0.246 e. The molecule has 0 aliphatic carbocycles. The van der Waals surface area contributed by atoms with Crippen molar-refractivity contribution in [3.63, 3.8) is 0 Å². The van der Waals surface area contributed by atoms with Gasteiger partial charge >= 0.3 is 0 Å². The quantitative estimate of drug-likeness (QED) is 0.716. The second-order valence-electron chi connectivity index (χ2n) is 4.99. The van der Waals surface area contributed by atoms with Gasteiger partial charge in [0.05, 0.1) is 12.0 Å². The molecule has 1 aromatic rings. The second-order valence-corrected chi connectivity index (χ2v) is 8.91. The van der Waals surface area contributed by atoms with Crippen LogP contribution in [0.2, 0.25) is 0 Å². The Morgan fingerprint density at radius 3 is 2.00 bits per heavy atom. The molecule has 0 aromatic heterocycles. The van der Waals surface area contributed by atoms with Gasteiger partial charge in [0.15, 0.2) is 9.84 Å². The lowest BCUT2D eigenvalue weighted by Crippen LogP contribution is -2.33. The van der Waals surface area contributed by atoms with Gasteiger partial charge in [0, 0.05) is 19.3 Å². The van der Waals surface area contributed by atoms with Crippen molar-refractivity contribution in [3.05, 3.63) is 18.2 Å². The first-order chi connectivity index (χ1) is 10.2. The van der Waals surface area contributed by atoms with Crippen molar-refractivity contribution in [2.75, 3.05) is 26.5 Å². The van der Waals surface area contributed by atoms with Gasteiger partial charge in [0.25, 0.3) is 0 Å². The van der Waals surface area contributed by atoms with Gasteiger partial charge in [-0.15, -0.1) is 0 Å². The summed E-state index contributed by atoms with van der Waals surface area (Å²) >= 11 is 0. The number of ether oxygens (including phenoxy) is 1. The highest BCUT2D eigenvalue weighted by Gasteiger charge is 2.28. The van der Waals surface area contributed by atoms with Gasteiger partial charge in [-0.05, 0) is 31.0 Å². The molecule has 0 unspecified atom stereocenters. The number of hydrogen-bond acceptors (Lipinski definition) is 5. The van der Waals surface area contributed by atoms with Crippen molar-refractivity contribution in [3.8, 4) is 5.75 Å². The standard InChI is InChI=1S/C14H23NO5S2/c1-5-9-15(10-6-2)22(18,19)14-11-12(21(4,16)17)7-8-13(14)20-3/h7-8,11H,5-6,9-10H2,1-4H3. The molecular formula is C14H23NO5S2. The average molecular weight is 349 g/mol. The predicted octanol–water partition coefficient (Wildman–Crippen LogP) is 1.91. The van der Waals surface area contributed by atoms with Gasteiger partial charge in [-0.3, -0.25) is 0 Å². The van der Waals surface area contributed by atoms with Crippen LogP contribution in [0.25, 0.3) is 0 Å². The summed E-state index contributed by atoms with van der Waals surface area (Å²) in [5.74, 6) is 0.143. The zero-order chi connectivity index (χ0) is 17.0. The van der Waals surface area contributed by atoms with Crippen LogP contribution in [0.5, 0.6) is 5.75 Å². The molecule has 22 heavy (non-hydrogen) atoms. The second kappa shape index (κ2) is 7.43. The normalized spacial score (nSPS) is 12.6. The van der Waals surface area contributed by atoms with Gasteiger partial charge in [0.2, 0.25) is 10.0 Å². The van der Waals surface area contributed by atoms with Crippen LogP contribution in [0, 0.1) is 0 Å². The smallest absolute Gasteiger partial charge is 0.246 e. The van der Waals surface area contributed by atoms with E-state index in [1.165, 1.54) is 29.6 Å². The molecule has 0 N–H and O–H groups in total. The van der Waals surface area contributed by atoms with Crippen molar-refractivity contribution < 1.29 is 21.6 Å². The molecule has 126 valence electrons. The summed E-state index contributed by atoms with van der Waals surface area (Å²) in [6, 6.07) is 3.89. The molecule has 1 rings (SSSR count). The molecule has 0 saturated carbocycles. The van der Waals surface area contributed by atoms with Gasteiger partial charge in [-0.25, -0.2) is 16.8 Å². The maximum atomic E-state index is 12.8. The van der Waals surface area contributed by atoms with E-state index in [0.717, 1.165) is 6.26 Å². The number of sulfone groups is 1. The minimum Gasteiger partial charge on any atom is -0.495 e. The molecule has 0 atom stereocenters. The summed E-state index contributed by atoms with van der Waals surface area (Å²) in [6.45, 7) is 4.54. The van der Waals surface area contributed by atoms with E-state index < -0.39 is 19.9 Å². The largest absolute Gasteiger partial charge is 0.495 e. The lowest BCUT2D eigenvalue weighted by atomic mass is 10.3. The van der Waals surface area contributed by atoms with E-state index in [-0.39, 0.29) is 15.5 Å². The summed E-state index contributed by atoms with van der Waals surface area (Å²) in [6.07, 6.45) is 2.39. The lowest BCUT2D eigenvalue weighted by Gasteiger charge is -2.22. The zero-order valence-electron chi connectivity index (χ0n) is 13.4. The summed E-state index contributed by atoms with van der Waals surface area (Å²) in [5, 5.41) is 0. The van der Waals surface area contributed by atoms with Crippen molar-refractivity contribution in [2.45, 2.75) is 36.5 Å². The van der Waals surface area contributed by atoms with E-state index in [1.54, 1.807) is 0 Å². The Labute approximate surface area is 133 Å². The molecule has 0 fully saturated rings. The zero-order valence-corrected chi connectivity index (χ0v) is 15.0. The number of rotatable bonds is 8. The highest BCUT2D eigenvalue weighted by atomic mass is 32.2. The molecular weight excluding hydrogens is 326 g/mol. The first-order valence-corrected chi connectivity index (χ1v) is 10.4. The Hall–Kier alpha value is -1.12. The van der Waals surface area contributed by atoms with Crippen molar-refractivity contribution in [1.29, 1.82) is 0 Å². The molecule has 0 heterocycles. The molecule has 8 heteroatoms. The first kappa shape index (κ1) is 18.9. The Balaban J connectivity index is 3.50. The summed E-state index contributed by atoms with van der Waals surface area (Å²) in [7, 11) is -5.95. The van der Waals surface area contributed by atoms with Crippen LogP contribution in [0.15, 0.2) is 28.0 Å². The number of sulfonamides is 1. The molecule has 6 nitrogen and oxygen atoms in total. The Morgan fingerprint density at radius 2 is 1.59 bits per heavy atom. The topological polar surface area (TPSA) is 80.8 Å². The summed E-state index contributed by atoms with van der Waals surface area (Å²) in [4.78, 5) is -0.153. The molecule has 0 aliphatic rings. The summed E-state index contributed by atoms with van der Waals surface area (Å²) in [5.41, 5.74) is 0. The van der Waals surface area contributed by atoms with E-state index >= 15 is 0 Å². The minimum atomic E-state index is -3.81. The van der Waals surface area contributed by atoms with E-state index in [1.807, 2.05) is 13.8 Å². The van der Waals surface area contributed by atoms with Crippen molar-refractivity contribution >= 4 is 19.9 Å². The molecule has 0 aliphatic heterocycles. The fraction of sp³-hybridized carbons (Fsp3) is 0.571. The SMILES string of the molecule is CCCN(CCC)S(=O)(=O)c1cc(S(C)(=O)=O)ccc1OC. The van der Waals surface area contributed by atoms with Crippen LogP contribution < -0.4 is 4.74 Å². The van der Waals surface area contributed by atoms with E-state index in [2.05, 4.69) is 0 Å². The number of nitrogens with zero attached hydrogens (tertiary/aromatic N) is 1. The van der Waals surface area contributed by atoms with E-state index in [0.29, 0.717) is 25.9 Å². The Bertz CT molecular complexity index is 705. The first-order valence-electron chi connectivity index (χ1n) is 7.06. The molecule has 0 bridgehead atoms. The molecule has 1 aromatic carbocycles. The van der Waals surface area contributed by atoms with Gasteiger partial charge in [-0.1, -0.05) is 13.8 Å². The number of benzene rings is 1. The highest BCUT2D eigenvalue weighted by Crippen LogP contribution is 2.29. The van der Waals surface area contributed by atoms with Gasteiger partial charge in [0.1, 0.15) is 10.6 Å². The molecule has 0 spiro atoms. The lowest BCUT2D eigenvalue weighted by molar-refractivity contribution is 0.387. The van der Waals surface area contributed by atoms with Crippen molar-refractivity contribution in [2.24, 2.45) is 0 Å². The van der Waals surface area contributed by atoms with Crippen LogP contribution in [-0.2, 0) is 19.9 Å². The fourth-order valence-corrected chi connectivity index (χ4v) is 4.61. The predicted molar refractivity (Wildman–Crippen MR) is 85.4 cm³/mol. The minimum absolute atomic E-state index is 0.0418. The Morgan fingerprint density at radius 1 is 1.05 bits per heavy atom. The third-order valence-corrected chi connectivity index (χ3v) is 6.16. The molecule has 0 saturated heterocycles. The van der Waals surface area contributed by atoms with Gasteiger partial charge in [-0.2, -0.15) is 4.31 Å². The monoisotopic (exact) mass is 349 g/mol. The summed E-state index contributed by atoms with van der Waals surface area (Å²) < 4.78 is 55.5. The maximum absolute atomic E-state index is 12.8. The average Bonchev–Trinajstić information content (AvgIpc) is 2.45. The van der Waals surface area contributed by atoms with Crippen LogP contribution >= 0.6 is 0 Å². The molecule has 0 radical (unpaired) electrons. The van der Waals surface area contributed by atoms with Crippen molar-refractivity contribution in [1.82, 2.24) is 4.31 Å². The third kappa shape index (κ3) is 4.21. The number of methoxy groups -OCH3 is 1. The third-order valence-electron chi connectivity index (χ3n) is 3.13. The van der Waals surface area contributed by atoms with Crippen LogP contribution in [0.1, 0.15) is 26.7 Å². The van der Waals surface area contributed by atoms with E-state index in [9.17, 15) is 16.8 Å². The molecule has 0 amide bonds.